The van der Waals surface area contributed by atoms with Crippen molar-refractivity contribution in [1.29, 1.82) is 0 Å². The zero-order valence-corrected chi connectivity index (χ0v) is 7.40. The minimum Gasteiger partial charge on any atom is -0.307 e. The van der Waals surface area contributed by atoms with Gasteiger partial charge in [-0.1, -0.05) is 0 Å². The summed E-state index contributed by atoms with van der Waals surface area (Å²) in [6.45, 7) is 2.20. The zero-order valence-electron chi connectivity index (χ0n) is 6.58. The fourth-order valence-corrected chi connectivity index (χ4v) is 1.76. The van der Waals surface area contributed by atoms with Gasteiger partial charge in [0.1, 0.15) is 0 Å². The average Bonchev–Trinajstić information content (AvgIpc) is 2.67. The van der Waals surface area contributed by atoms with Gasteiger partial charge >= 0.3 is 0 Å². The molecule has 60 valence electrons. The van der Waals surface area contributed by atoms with Crippen molar-refractivity contribution in [2.75, 3.05) is 0 Å². The second-order valence-corrected chi connectivity index (χ2v) is 3.98. The minimum atomic E-state index is 0.495. The van der Waals surface area contributed by atoms with Gasteiger partial charge in [0, 0.05) is 23.2 Å². The zero-order chi connectivity index (χ0) is 7.68. The summed E-state index contributed by atoms with van der Waals surface area (Å²) in [6.07, 6.45) is 4.65. The first-order chi connectivity index (χ1) is 5.36. The molecular weight excluding hydrogens is 156 g/mol. The number of hydrogen-bond acceptors (Lipinski definition) is 3. The first-order valence-corrected chi connectivity index (χ1v) is 4.88. The molecule has 1 saturated carbocycles. The molecule has 0 aromatic carbocycles. The molecule has 1 fully saturated rings. The highest BCUT2D eigenvalue weighted by Crippen LogP contribution is 2.25. The molecule has 0 bridgehead atoms. The van der Waals surface area contributed by atoms with E-state index in [-0.39, 0.29) is 0 Å². The molecule has 1 unspecified atom stereocenters. The number of aromatic nitrogens is 1. The number of nitrogens with one attached hydrogen (secondary N) is 1. The molecule has 0 spiro atoms. The van der Waals surface area contributed by atoms with Gasteiger partial charge in [0.25, 0.3) is 0 Å². The summed E-state index contributed by atoms with van der Waals surface area (Å²) in [5, 5.41) is 3.53. The highest BCUT2D eigenvalue weighted by molar-refractivity contribution is 7.09. The van der Waals surface area contributed by atoms with Gasteiger partial charge in [0.2, 0.25) is 0 Å². The van der Waals surface area contributed by atoms with Gasteiger partial charge in [-0.25, -0.2) is 0 Å². The molecule has 3 heteroatoms. The molecule has 1 aromatic heterocycles. The van der Waals surface area contributed by atoms with E-state index in [1.165, 1.54) is 17.7 Å². The van der Waals surface area contributed by atoms with E-state index in [9.17, 15) is 0 Å². The molecular formula is C8H12N2S. The maximum Gasteiger partial charge on any atom is 0.0794 e. The van der Waals surface area contributed by atoms with Crippen molar-refractivity contribution in [3.8, 4) is 0 Å². The molecule has 1 aliphatic carbocycles. The maximum atomic E-state index is 4.05. The van der Waals surface area contributed by atoms with E-state index >= 15 is 0 Å². The number of hydrogen-bond donors (Lipinski definition) is 1. The van der Waals surface area contributed by atoms with Crippen molar-refractivity contribution in [2.45, 2.75) is 31.8 Å². The highest BCUT2D eigenvalue weighted by Gasteiger charge is 2.23. The first-order valence-electron chi connectivity index (χ1n) is 4.00. The summed E-state index contributed by atoms with van der Waals surface area (Å²) < 4.78 is 0. The normalized spacial score (nSPS) is 20.1. The number of rotatable bonds is 3. The number of nitrogens with zero attached hydrogens (tertiary/aromatic N) is 1. The summed E-state index contributed by atoms with van der Waals surface area (Å²) >= 11 is 1.73. The Kier molecular flexibility index (Phi) is 1.92. The van der Waals surface area contributed by atoms with Crippen LogP contribution in [0.5, 0.6) is 0 Å². The smallest absolute Gasteiger partial charge is 0.0794 e. The third kappa shape index (κ3) is 1.79. The van der Waals surface area contributed by atoms with Crippen LogP contribution >= 0.6 is 11.3 Å². The van der Waals surface area contributed by atoms with Gasteiger partial charge < -0.3 is 5.32 Å². The van der Waals surface area contributed by atoms with E-state index in [1.54, 1.807) is 11.3 Å². The number of thiazole rings is 1. The third-order valence-electron chi connectivity index (χ3n) is 1.94. The summed E-state index contributed by atoms with van der Waals surface area (Å²) in [6, 6.07) is 1.28. The van der Waals surface area contributed by atoms with Crippen molar-refractivity contribution < 1.29 is 0 Å². The second kappa shape index (κ2) is 2.91. The van der Waals surface area contributed by atoms with Crippen LogP contribution in [0.4, 0.5) is 0 Å². The lowest BCUT2D eigenvalue weighted by molar-refractivity contribution is 0.578. The Morgan fingerprint density at radius 3 is 3.09 bits per heavy atom. The first kappa shape index (κ1) is 7.25. The van der Waals surface area contributed by atoms with Gasteiger partial charge in [-0.15, -0.1) is 11.3 Å². The van der Waals surface area contributed by atoms with Crippen molar-refractivity contribution in [2.24, 2.45) is 0 Å². The van der Waals surface area contributed by atoms with Gasteiger partial charge in [-0.3, -0.25) is 4.98 Å². The topological polar surface area (TPSA) is 24.9 Å². The average molecular weight is 168 g/mol. The quantitative estimate of drug-likeness (QED) is 0.746. The molecule has 0 aliphatic heterocycles. The molecule has 1 heterocycles. The summed E-state index contributed by atoms with van der Waals surface area (Å²) in [5.41, 5.74) is 1.89. The van der Waals surface area contributed by atoms with Crippen molar-refractivity contribution >= 4 is 11.3 Å². The van der Waals surface area contributed by atoms with Gasteiger partial charge in [-0.05, 0) is 19.8 Å². The van der Waals surface area contributed by atoms with Crippen LogP contribution in [-0.4, -0.2) is 11.0 Å². The lowest BCUT2D eigenvalue weighted by Gasteiger charge is -2.09. The Morgan fingerprint density at radius 2 is 2.55 bits per heavy atom. The van der Waals surface area contributed by atoms with E-state index in [2.05, 4.69) is 17.2 Å². The maximum absolute atomic E-state index is 4.05. The van der Waals surface area contributed by atoms with Crippen LogP contribution in [0.3, 0.4) is 0 Å². The fraction of sp³-hybridized carbons (Fsp3) is 0.625. The minimum absolute atomic E-state index is 0.495. The Labute approximate surface area is 70.7 Å². The predicted molar refractivity (Wildman–Crippen MR) is 46.7 cm³/mol. The van der Waals surface area contributed by atoms with Crippen LogP contribution in [0, 0.1) is 0 Å². The molecule has 2 nitrogen and oxygen atoms in total. The Morgan fingerprint density at radius 1 is 1.73 bits per heavy atom. The van der Waals surface area contributed by atoms with Crippen molar-refractivity contribution in [3.05, 3.63) is 16.6 Å². The summed E-state index contributed by atoms with van der Waals surface area (Å²) in [5.74, 6) is 0. The van der Waals surface area contributed by atoms with Crippen LogP contribution in [-0.2, 0) is 0 Å². The van der Waals surface area contributed by atoms with Gasteiger partial charge in [-0.2, -0.15) is 0 Å². The van der Waals surface area contributed by atoms with E-state index in [0.29, 0.717) is 6.04 Å². The van der Waals surface area contributed by atoms with Gasteiger partial charge in [0.05, 0.1) is 5.51 Å². The highest BCUT2D eigenvalue weighted by atomic mass is 32.1. The van der Waals surface area contributed by atoms with E-state index in [4.69, 9.17) is 0 Å². The fourth-order valence-electron chi connectivity index (χ4n) is 1.13. The monoisotopic (exact) mass is 168 g/mol. The Balaban J connectivity index is 1.93. The Bertz CT molecular complexity index is 216. The van der Waals surface area contributed by atoms with E-state index in [0.717, 1.165) is 6.04 Å². The van der Waals surface area contributed by atoms with Crippen LogP contribution < -0.4 is 5.32 Å². The lowest BCUT2D eigenvalue weighted by atomic mass is 10.3. The lowest BCUT2D eigenvalue weighted by Crippen LogP contribution is -2.19. The van der Waals surface area contributed by atoms with E-state index < -0.39 is 0 Å². The summed E-state index contributed by atoms with van der Waals surface area (Å²) in [4.78, 5) is 5.39. The molecule has 0 radical (unpaired) electrons. The largest absolute Gasteiger partial charge is 0.307 e. The standard InChI is InChI=1S/C8H12N2S/c1-6(10-7-2-3-7)8-4-9-5-11-8/h4-7,10H,2-3H2,1H3. The van der Waals surface area contributed by atoms with Crippen LogP contribution in [0.15, 0.2) is 11.7 Å². The molecule has 0 saturated heterocycles. The van der Waals surface area contributed by atoms with Crippen LogP contribution in [0.2, 0.25) is 0 Å². The Hall–Kier alpha value is -0.410. The molecule has 1 N–H and O–H groups in total. The van der Waals surface area contributed by atoms with Gasteiger partial charge in [0.15, 0.2) is 0 Å². The van der Waals surface area contributed by atoms with E-state index in [1.807, 2.05) is 11.7 Å². The molecule has 1 aliphatic rings. The third-order valence-corrected chi connectivity index (χ3v) is 2.90. The summed E-state index contributed by atoms with van der Waals surface area (Å²) in [7, 11) is 0. The van der Waals surface area contributed by atoms with Crippen LogP contribution in [0.1, 0.15) is 30.7 Å². The van der Waals surface area contributed by atoms with Crippen molar-refractivity contribution in [3.63, 3.8) is 0 Å². The molecule has 0 amide bonds. The predicted octanol–water partition coefficient (Wildman–Crippen LogP) is 1.96. The molecule has 1 atom stereocenters. The SMILES string of the molecule is CC(NC1CC1)c1cncs1. The molecule has 11 heavy (non-hydrogen) atoms. The van der Waals surface area contributed by atoms with Crippen LogP contribution in [0.25, 0.3) is 0 Å². The molecule has 1 aromatic rings. The van der Waals surface area contributed by atoms with Crippen molar-refractivity contribution in [1.82, 2.24) is 10.3 Å². The second-order valence-electron chi connectivity index (χ2n) is 3.07. The molecule has 2 rings (SSSR count).